The first-order valence-corrected chi connectivity index (χ1v) is 22.5. The standard InChI is InChI=1S/C38H23N7.C10H22NO4.Al/c1-21(39)41-35-30-16-24-10-4-5-11-25(24)17-31(30)37(43-35)45-38-33-19-27-13-7-6-12-26(27)18-32(33)36(44-38)42-34-29-15-23-9-3-2-8-22(23)14-28(29)20-40-34;1-3-11-10-15-9-8-14-7-6-13-5-4-12-2;/h2-19,39H,1,20H2;10-11H,3-9H2,1-2H3;/q-2;;+2. The number of aliphatic imine (C=N–C) groups is 5. The van der Waals surface area contributed by atoms with Gasteiger partial charge in [-0.25, -0.2) is 20.0 Å². The maximum atomic E-state index is 6.78. The Labute approximate surface area is 358 Å². The van der Waals surface area contributed by atoms with Crippen molar-refractivity contribution in [3.05, 3.63) is 155 Å². The quantitative estimate of drug-likeness (QED) is 0.0742. The molecule has 61 heavy (non-hydrogen) atoms. The number of ether oxygens (including phenoxy) is 4. The number of fused-ring (bicyclic) bond motifs is 11. The molecule has 1 unspecified atom stereocenters. The minimum Gasteiger partial charge on any atom is -0.441 e. The van der Waals surface area contributed by atoms with E-state index < -0.39 is 19.7 Å². The topological polar surface area (TPSA) is 126 Å². The SMILES string of the molecule is C=C1/N=C2\N=C(N=C3c4cc5ccccc5cc4C(=NC4=NCc5cc6ccccc6cc54)[N]3[Al]([CH](NCC)OCCOCCOCCOC)[NH]1)c1cc3ccccc3cc12. The Balaban J connectivity index is 1.12. The molecule has 12 nitrogen and oxygen atoms in total. The van der Waals surface area contributed by atoms with Gasteiger partial charge < -0.3 is 32.4 Å². The lowest BCUT2D eigenvalue weighted by molar-refractivity contribution is -0.00791. The smallest absolute Gasteiger partial charge is 0.441 e. The molecular formula is C48H45AlN8O4. The molecule has 4 aliphatic heterocycles. The van der Waals surface area contributed by atoms with E-state index in [9.17, 15) is 0 Å². The van der Waals surface area contributed by atoms with Gasteiger partial charge in [-0.2, -0.15) is 0 Å². The Hall–Kier alpha value is -5.88. The van der Waals surface area contributed by atoms with E-state index in [1.807, 2.05) is 6.07 Å². The predicted molar refractivity (Wildman–Crippen MR) is 245 cm³/mol. The molecule has 0 spiro atoms. The molecule has 304 valence electrons. The van der Waals surface area contributed by atoms with Crippen molar-refractivity contribution in [2.24, 2.45) is 25.0 Å². The van der Waals surface area contributed by atoms with Crippen molar-refractivity contribution in [2.75, 3.05) is 53.3 Å². The van der Waals surface area contributed by atoms with Gasteiger partial charge in [0, 0.05) is 34.9 Å². The average molecular weight is 825 g/mol. The second kappa shape index (κ2) is 17.2. The van der Waals surface area contributed by atoms with Gasteiger partial charge >= 0.3 is 14.6 Å². The summed E-state index contributed by atoms with van der Waals surface area (Å²) in [4.78, 5) is 26.4. The van der Waals surface area contributed by atoms with Crippen LogP contribution >= 0.6 is 0 Å². The Bertz CT molecular complexity index is 2870. The van der Waals surface area contributed by atoms with E-state index in [4.69, 9.17) is 43.9 Å². The monoisotopic (exact) mass is 824 g/mol. The van der Waals surface area contributed by atoms with E-state index >= 15 is 0 Å². The number of nitrogens with one attached hydrogen (secondary N) is 2. The summed E-state index contributed by atoms with van der Waals surface area (Å²) in [5.74, 6) is 3.76. The van der Waals surface area contributed by atoms with Crippen LogP contribution in [0.15, 0.2) is 147 Å². The van der Waals surface area contributed by atoms with Gasteiger partial charge in [0.05, 0.1) is 52.0 Å². The molecule has 6 aromatic rings. The lowest BCUT2D eigenvalue weighted by Gasteiger charge is -2.33. The van der Waals surface area contributed by atoms with Crippen molar-refractivity contribution in [1.82, 2.24) is 13.5 Å². The van der Waals surface area contributed by atoms with Gasteiger partial charge in [-0.15, -0.1) is 0 Å². The fourth-order valence-electron chi connectivity index (χ4n) is 8.40. The van der Waals surface area contributed by atoms with Crippen LogP contribution in [-0.2, 0) is 25.5 Å². The molecule has 4 heterocycles. The number of nitrogens with zero attached hydrogens (tertiary/aromatic N) is 6. The maximum Gasteiger partial charge on any atom is 0.627 e. The first kappa shape index (κ1) is 39.3. The largest absolute Gasteiger partial charge is 0.627 e. The van der Waals surface area contributed by atoms with Crippen LogP contribution in [0.1, 0.15) is 40.3 Å². The summed E-state index contributed by atoms with van der Waals surface area (Å²) in [6.45, 7) is 10.5. The number of methoxy groups -OCH3 is 1. The predicted octanol–water partition coefficient (Wildman–Crippen LogP) is 6.86. The minimum atomic E-state index is -2.72. The molecular weight excluding hydrogens is 780 g/mol. The van der Waals surface area contributed by atoms with Crippen LogP contribution in [0, 0.1) is 0 Å². The van der Waals surface area contributed by atoms with Crippen molar-refractivity contribution >= 4 is 76.1 Å². The molecule has 2 N–H and O–H groups in total. The molecule has 2 bridgehead atoms. The summed E-state index contributed by atoms with van der Waals surface area (Å²) in [6, 6.07) is 38.3. The van der Waals surface area contributed by atoms with Crippen molar-refractivity contribution in [1.29, 1.82) is 0 Å². The normalized spacial score (nSPS) is 17.4. The lowest BCUT2D eigenvalue weighted by atomic mass is 10.0. The molecule has 10 rings (SSSR count). The molecule has 13 heteroatoms. The lowest BCUT2D eigenvalue weighted by Crippen LogP contribution is -2.64. The first-order valence-electron chi connectivity index (χ1n) is 20.8. The highest BCUT2D eigenvalue weighted by atomic mass is 27.2. The molecule has 0 amide bonds. The minimum absolute atomic E-state index is 0.337. The molecule has 0 radical (unpaired) electrons. The van der Waals surface area contributed by atoms with Crippen LogP contribution in [0.25, 0.3) is 32.3 Å². The second-order valence-corrected chi connectivity index (χ2v) is 17.5. The maximum absolute atomic E-state index is 6.78. The summed E-state index contributed by atoms with van der Waals surface area (Å²) >= 11 is -2.72. The third-order valence-corrected chi connectivity index (χ3v) is 14.0. The Kier molecular flexibility index (Phi) is 11.1. The Morgan fingerprint density at radius 2 is 1.23 bits per heavy atom. The van der Waals surface area contributed by atoms with Gasteiger partial charge in [0.2, 0.25) is 0 Å². The van der Waals surface area contributed by atoms with Crippen molar-refractivity contribution < 1.29 is 18.9 Å². The Morgan fingerprint density at radius 1 is 0.689 bits per heavy atom. The van der Waals surface area contributed by atoms with E-state index in [0.717, 1.165) is 72.0 Å². The fourth-order valence-corrected chi connectivity index (χ4v) is 11.1. The molecule has 4 aliphatic rings. The summed E-state index contributed by atoms with van der Waals surface area (Å²) in [5.41, 5.74) is 5.88. The van der Waals surface area contributed by atoms with Crippen LogP contribution in [0.3, 0.4) is 0 Å². The highest BCUT2D eigenvalue weighted by Gasteiger charge is 2.49. The van der Waals surface area contributed by atoms with Gasteiger partial charge in [-0.05, 0) is 80.8 Å². The van der Waals surface area contributed by atoms with Gasteiger partial charge in [-0.3, -0.25) is 4.99 Å². The van der Waals surface area contributed by atoms with Gasteiger partial charge in [0.1, 0.15) is 16.8 Å². The Morgan fingerprint density at radius 3 is 1.85 bits per heavy atom. The summed E-state index contributed by atoms with van der Waals surface area (Å²) in [6.07, 6.45) is 0. The van der Waals surface area contributed by atoms with E-state index in [2.05, 4.69) is 130 Å². The number of amidine groups is 5. The van der Waals surface area contributed by atoms with Crippen LogP contribution in [0.2, 0.25) is 0 Å². The molecule has 1 atom stereocenters. The van der Waals surface area contributed by atoms with Crippen LogP contribution in [-0.4, -0.2) is 106 Å². The van der Waals surface area contributed by atoms with Crippen molar-refractivity contribution in [2.45, 2.75) is 18.6 Å². The van der Waals surface area contributed by atoms with E-state index in [1.54, 1.807) is 7.11 Å². The molecule has 0 saturated heterocycles. The van der Waals surface area contributed by atoms with Crippen LogP contribution in [0.5, 0.6) is 0 Å². The summed E-state index contributed by atoms with van der Waals surface area (Å²) < 4.78 is 29.5. The van der Waals surface area contributed by atoms with E-state index in [1.165, 1.54) is 5.39 Å². The van der Waals surface area contributed by atoms with E-state index in [0.29, 0.717) is 76.1 Å². The number of hydrogen-bond donors (Lipinski definition) is 2. The number of rotatable bonds is 13. The van der Waals surface area contributed by atoms with Crippen molar-refractivity contribution in [3.63, 3.8) is 0 Å². The first-order chi connectivity index (χ1) is 30.1. The number of benzene rings is 6. The zero-order chi connectivity index (χ0) is 41.3. The van der Waals surface area contributed by atoms with Gasteiger partial charge in [0.25, 0.3) is 0 Å². The third kappa shape index (κ3) is 7.71. The molecule has 6 aromatic carbocycles. The average Bonchev–Trinajstić information content (AvgIpc) is 3.92. The summed E-state index contributed by atoms with van der Waals surface area (Å²) in [5, 5.41) is 9.90. The molecule has 0 aliphatic carbocycles. The zero-order valence-corrected chi connectivity index (χ0v) is 35.4. The van der Waals surface area contributed by atoms with Crippen LogP contribution < -0.4 is 9.62 Å². The highest BCUT2D eigenvalue weighted by Crippen LogP contribution is 2.35. The zero-order valence-electron chi connectivity index (χ0n) is 34.2. The molecule has 0 aromatic heterocycles. The van der Waals surface area contributed by atoms with Crippen LogP contribution in [0.4, 0.5) is 0 Å². The number of hydrogen-bond acceptors (Lipinski definition) is 11. The fraction of sp³-hybridized carbons (Fsp3) is 0.229. The third-order valence-electron chi connectivity index (χ3n) is 11.3. The van der Waals surface area contributed by atoms with Gasteiger partial charge in [0.15, 0.2) is 17.5 Å². The summed E-state index contributed by atoms with van der Waals surface area (Å²) in [7, 11) is 1.66. The van der Waals surface area contributed by atoms with E-state index in [-0.39, 0.29) is 0 Å². The van der Waals surface area contributed by atoms with Gasteiger partial charge in [-0.1, -0.05) is 86.3 Å². The van der Waals surface area contributed by atoms with Crippen molar-refractivity contribution in [3.8, 4) is 0 Å². The second-order valence-electron chi connectivity index (χ2n) is 15.2. The highest BCUT2D eigenvalue weighted by molar-refractivity contribution is 6.65. The molecule has 0 fully saturated rings. The molecule has 0 saturated carbocycles.